The molecule has 32 heavy (non-hydrogen) atoms. The summed E-state index contributed by atoms with van der Waals surface area (Å²) >= 11 is 3.58. The smallest absolute Gasteiger partial charge is 0.225 e. The van der Waals surface area contributed by atoms with Crippen LogP contribution in [0, 0.1) is 5.92 Å². The minimum absolute atomic E-state index is 0.0583. The van der Waals surface area contributed by atoms with E-state index in [0.29, 0.717) is 0 Å². The molecule has 0 saturated heterocycles. The molecular formula is C24H27N5OS2. The molecule has 6 nitrogen and oxygen atoms in total. The van der Waals surface area contributed by atoms with Crippen LogP contribution in [0.3, 0.4) is 0 Å². The predicted octanol–water partition coefficient (Wildman–Crippen LogP) is 5.06. The Kier molecular flexibility index (Phi) is 5.90. The van der Waals surface area contributed by atoms with Crippen LogP contribution in [0.5, 0.6) is 0 Å². The third-order valence-corrected chi connectivity index (χ3v) is 8.51. The Labute approximate surface area is 196 Å². The van der Waals surface area contributed by atoms with E-state index in [1.165, 1.54) is 26.5 Å². The number of anilines is 2. The van der Waals surface area contributed by atoms with E-state index in [2.05, 4.69) is 39.3 Å². The minimum atomic E-state index is 0.0583. The molecule has 0 fully saturated rings. The Hall–Kier alpha value is -2.45. The second-order valence-corrected chi connectivity index (χ2v) is 10.8. The van der Waals surface area contributed by atoms with Gasteiger partial charge in [-0.25, -0.2) is 9.97 Å². The van der Waals surface area contributed by atoms with E-state index in [1.807, 2.05) is 32.1 Å². The molecule has 5 rings (SSSR count). The van der Waals surface area contributed by atoms with Gasteiger partial charge >= 0.3 is 0 Å². The first kappa shape index (κ1) is 21.4. The SMILES string of the molecule is CCCSc1cc2c(cc1Nc1ncnc3sc4c(c13)CC[C@H](C(=O)N(C)C)C4)C=NC2. The van der Waals surface area contributed by atoms with Crippen molar-refractivity contribution >= 4 is 56.9 Å². The summed E-state index contributed by atoms with van der Waals surface area (Å²) in [5, 5.41) is 4.76. The molecule has 0 bridgehead atoms. The lowest BCUT2D eigenvalue weighted by atomic mass is 9.87. The van der Waals surface area contributed by atoms with E-state index in [-0.39, 0.29) is 11.8 Å². The maximum absolute atomic E-state index is 12.5. The lowest BCUT2D eigenvalue weighted by Gasteiger charge is -2.24. The zero-order chi connectivity index (χ0) is 22.2. The van der Waals surface area contributed by atoms with E-state index in [0.717, 1.165) is 59.7 Å². The molecule has 3 heterocycles. The Bertz CT molecular complexity index is 1220. The van der Waals surface area contributed by atoms with E-state index in [9.17, 15) is 4.79 Å². The number of benzene rings is 1. The number of fused-ring (bicyclic) bond motifs is 4. The number of hydrogen-bond acceptors (Lipinski definition) is 7. The zero-order valence-corrected chi connectivity index (χ0v) is 20.3. The highest BCUT2D eigenvalue weighted by atomic mass is 32.2. The molecule has 1 N–H and O–H groups in total. The van der Waals surface area contributed by atoms with Crippen LogP contribution in [0.15, 0.2) is 28.3 Å². The highest BCUT2D eigenvalue weighted by Gasteiger charge is 2.30. The fraction of sp³-hybridized carbons (Fsp3) is 0.417. The second-order valence-electron chi connectivity index (χ2n) is 8.57. The topological polar surface area (TPSA) is 70.5 Å². The van der Waals surface area contributed by atoms with Crippen molar-refractivity contribution < 1.29 is 4.79 Å². The first-order chi connectivity index (χ1) is 15.5. The van der Waals surface area contributed by atoms with Crippen molar-refractivity contribution in [2.24, 2.45) is 10.9 Å². The maximum atomic E-state index is 12.5. The fourth-order valence-corrected chi connectivity index (χ4v) is 6.66. The molecule has 1 atom stereocenters. The maximum Gasteiger partial charge on any atom is 0.225 e. The lowest BCUT2D eigenvalue weighted by molar-refractivity contribution is -0.133. The van der Waals surface area contributed by atoms with Crippen LogP contribution in [0.1, 0.15) is 41.3 Å². The summed E-state index contributed by atoms with van der Waals surface area (Å²) < 4.78 is 0. The van der Waals surface area contributed by atoms with Crippen LogP contribution in [-0.4, -0.2) is 46.8 Å². The van der Waals surface area contributed by atoms with E-state index in [4.69, 9.17) is 0 Å². The predicted molar refractivity (Wildman–Crippen MR) is 134 cm³/mol. The van der Waals surface area contributed by atoms with Crippen LogP contribution in [0.4, 0.5) is 11.5 Å². The molecule has 1 aromatic carbocycles. The summed E-state index contributed by atoms with van der Waals surface area (Å²) in [4.78, 5) is 31.4. The van der Waals surface area contributed by atoms with Crippen molar-refractivity contribution in [1.29, 1.82) is 0 Å². The molecular weight excluding hydrogens is 438 g/mol. The quantitative estimate of drug-likeness (QED) is 0.515. The van der Waals surface area contributed by atoms with Crippen molar-refractivity contribution in [2.45, 2.75) is 44.0 Å². The number of rotatable bonds is 6. The average Bonchev–Trinajstić information content (AvgIpc) is 3.40. The number of aryl methyl sites for hydroxylation is 1. The average molecular weight is 466 g/mol. The third-order valence-electron chi connectivity index (χ3n) is 6.08. The first-order valence-electron chi connectivity index (χ1n) is 11.1. The van der Waals surface area contributed by atoms with Crippen molar-refractivity contribution in [1.82, 2.24) is 14.9 Å². The van der Waals surface area contributed by atoms with E-state index >= 15 is 0 Å². The number of nitrogens with one attached hydrogen (secondary N) is 1. The number of amides is 1. The zero-order valence-electron chi connectivity index (χ0n) is 18.6. The molecule has 2 aromatic heterocycles. The summed E-state index contributed by atoms with van der Waals surface area (Å²) in [5.74, 6) is 2.21. The number of carbonyl (C=O) groups excluding carboxylic acids is 1. The lowest BCUT2D eigenvalue weighted by Crippen LogP contribution is -2.32. The molecule has 1 amide bonds. The van der Waals surface area contributed by atoms with E-state index < -0.39 is 0 Å². The van der Waals surface area contributed by atoms with Crippen molar-refractivity contribution in [3.05, 3.63) is 40.0 Å². The van der Waals surface area contributed by atoms with Gasteiger partial charge in [-0.05, 0) is 60.3 Å². The first-order valence-corrected chi connectivity index (χ1v) is 12.9. The number of nitrogens with zero attached hydrogens (tertiary/aromatic N) is 4. The Morgan fingerprint density at radius 3 is 3.00 bits per heavy atom. The largest absolute Gasteiger partial charge is 0.349 e. The number of thioether (sulfide) groups is 1. The Morgan fingerprint density at radius 1 is 1.31 bits per heavy atom. The molecule has 8 heteroatoms. The Balaban J connectivity index is 1.51. The normalized spacial score (nSPS) is 16.8. The molecule has 3 aromatic rings. The molecule has 0 radical (unpaired) electrons. The summed E-state index contributed by atoms with van der Waals surface area (Å²) in [6.45, 7) is 2.97. The van der Waals surface area contributed by atoms with Crippen LogP contribution < -0.4 is 5.32 Å². The standard InChI is InChI=1S/C24H27N5OS2/c1-4-7-31-20-10-16-12-25-11-15(16)8-18(20)28-22-21-17-6-5-14(24(30)29(2)3)9-19(17)32-23(21)27-13-26-22/h8,10-11,13-14H,4-7,9,12H2,1-3H3,(H,26,27,28)/t14-/m0/s1. The number of aliphatic imine (C=N–C) groups is 1. The van der Waals surface area contributed by atoms with Gasteiger partial charge in [0.2, 0.25) is 5.91 Å². The number of thiophene rings is 1. The third kappa shape index (κ3) is 3.90. The molecule has 1 aliphatic carbocycles. The molecule has 2 aliphatic rings. The van der Waals surface area contributed by atoms with Gasteiger partial charge in [0.05, 0.1) is 17.6 Å². The van der Waals surface area contributed by atoms with Crippen LogP contribution >= 0.6 is 23.1 Å². The summed E-state index contributed by atoms with van der Waals surface area (Å²) in [6.07, 6.45) is 7.27. The monoisotopic (exact) mass is 465 g/mol. The number of carbonyl (C=O) groups is 1. The van der Waals surface area contributed by atoms with Gasteiger partial charge in [0.1, 0.15) is 17.0 Å². The second kappa shape index (κ2) is 8.83. The Morgan fingerprint density at radius 2 is 2.19 bits per heavy atom. The molecule has 0 saturated carbocycles. The summed E-state index contributed by atoms with van der Waals surface area (Å²) in [6, 6.07) is 4.46. The van der Waals surface area contributed by atoms with Crippen LogP contribution in [-0.2, 0) is 24.2 Å². The van der Waals surface area contributed by atoms with Gasteiger partial charge in [-0.15, -0.1) is 23.1 Å². The highest BCUT2D eigenvalue weighted by molar-refractivity contribution is 7.99. The van der Waals surface area contributed by atoms with Crippen molar-refractivity contribution in [3.8, 4) is 0 Å². The summed E-state index contributed by atoms with van der Waals surface area (Å²) in [7, 11) is 3.68. The van der Waals surface area contributed by atoms with Gasteiger partial charge in [0.25, 0.3) is 0 Å². The van der Waals surface area contributed by atoms with Gasteiger partial charge in [-0.1, -0.05) is 6.92 Å². The van der Waals surface area contributed by atoms with Crippen molar-refractivity contribution in [3.63, 3.8) is 0 Å². The molecule has 0 unspecified atom stereocenters. The van der Waals surface area contributed by atoms with Crippen LogP contribution in [0.25, 0.3) is 10.2 Å². The van der Waals surface area contributed by atoms with E-state index in [1.54, 1.807) is 22.6 Å². The fourth-order valence-electron chi connectivity index (χ4n) is 4.48. The number of aromatic nitrogens is 2. The van der Waals surface area contributed by atoms with Gasteiger partial charge in [-0.3, -0.25) is 9.79 Å². The molecule has 1 aliphatic heterocycles. The number of hydrogen-bond donors (Lipinski definition) is 1. The molecule has 0 spiro atoms. The molecule has 166 valence electrons. The van der Waals surface area contributed by atoms with Crippen LogP contribution in [0.2, 0.25) is 0 Å². The summed E-state index contributed by atoms with van der Waals surface area (Å²) in [5.41, 5.74) is 4.84. The van der Waals surface area contributed by atoms with Gasteiger partial charge in [0.15, 0.2) is 0 Å². The minimum Gasteiger partial charge on any atom is -0.349 e. The van der Waals surface area contributed by atoms with Gasteiger partial charge in [-0.2, -0.15) is 0 Å². The van der Waals surface area contributed by atoms with Gasteiger partial charge < -0.3 is 10.2 Å². The highest BCUT2D eigenvalue weighted by Crippen LogP contribution is 2.42. The van der Waals surface area contributed by atoms with Gasteiger partial charge in [0, 0.05) is 36.0 Å². The van der Waals surface area contributed by atoms with Crippen molar-refractivity contribution in [2.75, 3.05) is 25.2 Å².